The highest BCUT2D eigenvalue weighted by atomic mass is 19.1. The maximum atomic E-state index is 13.6. The number of ether oxygens (including phenoxy) is 2. The molecule has 1 aromatic rings. The molecule has 0 aliphatic heterocycles. The number of aliphatic hydroxyl groups excluding tert-OH is 1. The second-order valence-electron chi connectivity index (χ2n) is 3.38. The molecule has 5 heteroatoms. The molecule has 0 saturated heterocycles. The van der Waals surface area contributed by atoms with Crippen molar-refractivity contribution in [1.29, 1.82) is 0 Å². The fraction of sp³-hybridized carbons (Fsp3) is 0.455. The van der Waals surface area contributed by atoms with E-state index in [-0.39, 0.29) is 5.56 Å². The molecule has 0 aromatic heterocycles. The fourth-order valence-corrected chi connectivity index (χ4v) is 1.44. The second-order valence-corrected chi connectivity index (χ2v) is 3.38. The van der Waals surface area contributed by atoms with Crippen molar-refractivity contribution in [2.45, 2.75) is 19.3 Å². The fourth-order valence-electron chi connectivity index (χ4n) is 1.44. The molecule has 1 atom stereocenters. The van der Waals surface area contributed by atoms with Gasteiger partial charge >= 0.3 is 0 Å². The van der Waals surface area contributed by atoms with Crippen molar-refractivity contribution >= 4 is 0 Å². The van der Waals surface area contributed by atoms with Crippen LogP contribution in [-0.2, 0) is 9.47 Å². The van der Waals surface area contributed by atoms with Crippen LogP contribution in [0.25, 0.3) is 0 Å². The predicted molar refractivity (Wildman–Crippen MR) is 53.9 cm³/mol. The predicted octanol–water partition coefficient (Wildman–Crippen LogP) is 1.93. The molecule has 16 heavy (non-hydrogen) atoms. The first-order chi connectivity index (χ1) is 7.52. The van der Waals surface area contributed by atoms with Crippen LogP contribution in [0.2, 0.25) is 0 Å². The molecule has 1 aromatic carbocycles. The summed E-state index contributed by atoms with van der Waals surface area (Å²) in [5.41, 5.74) is -0.185. The average Bonchev–Trinajstić information content (AvgIpc) is 2.26. The van der Waals surface area contributed by atoms with Gasteiger partial charge < -0.3 is 14.6 Å². The van der Waals surface area contributed by atoms with Crippen molar-refractivity contribution < 1.29 is 23.4 Å². The number of aliphatic hydroxyl groups is 1. The monoisotopic (exact) mass is 232 g/mol. The van der Waals surface area contributed by atoms with Crippen LogP contribution in [0.4, 0.5) is 8.78 Å². The normalized spacial score (nSPS) is 13.2. The van der Waals surface area contributed by atoms with E-state index in [0.29, 0.717) is 0 Å². The molecular formula is C11H14F2O3. The first kappa shape index (κ1) is 13.0. The van der Waals surface area contributed by atoms with Crippen LogP contribution in [-0.4, -0.2) is 25.6 Å². The van der Waals surface area contributed by atoms with Gasteiger partial charge in [-0.25, -0.2) is 8.78 Å². The molecule has 0 bridgehead atoms. The molecule has 1 N–H and O–H groups in total. The first-order valence-corrected chi connectivity index (χ1v) is 4.71. The molecule has 90 valence electrons. The highest BCUT2D eigenvalue weighted by Gasteiger charge is 2.27. The maximum Gasteiger partial charge on any atom is 0.187 e. The Bertz CT molecular complexity index is 364. The van der Waals surface area contributed by atoms with Crippen molar-refractivity contribution in [2.24, 2.45) is 0 Å². The van der Waals surface area contributed by atoms with Crippen molar-refractivity contribution in [1.82, 2.24) is 0 Å². The summed E-state index contributed by atoms with van der Waals surface area (Å²) in [7, 11) is 2.56. The molecular weight excluding hydrogens is 218 g/mol. The summed E-state index contributed by atoms with van der Waals surface area (Å²) < 4.78 is 36.6. The van der Waals surface area contributed by atoms with Crippen LogP contribution in [0.1, 0.15) is 17.2 Å². The Morgan fingerprint density at radius 1 is 1.19 bits per heavy atom. The van der Waals surface area contributed by atoms with Crippen molar-refractivity contribution in [3.8, 4) is 0 Å². The van der Waals surface area contributed by atoms with Crippen LogP contribution >= 0.6 is 0 Å². The standard InChI is InChI=1S/C11H14F2O3/c1-6-4-5-7(12)8(9(6)13)10(14)11(15-2)16-3/h4-5,10-11,14H,1-3H3. The lowest BCUT2D eigenvalue weighted by Crippen LogP contribution is -2.24. The third kappa shape index (κ3) is 2.37. The lowest BCUT2D eigenvalue weighted by atomic mass is 10.0. The lowest BCUT2D eigenvalue weighted by molar-refractivity contribution is -0.167. The Balaban J connectivity index is 3.16. The Labute approximate surface area is 92.6 Å². The molecule has 0 amide bonds. The number of halogens is 2. The van der Waals surface area contributed by atoms with Gasteiger partial charge in [0, 0.05) is 14.2 Å². The first-order valence-electron chi connectivity index (χ1n) is 4.71. The minimum atomic E-state index is -1.50. The van der Waals surface area contributed by atoms with Gasteiger partial charge in [-0.3, -0.25) is 0 Å². The molecule has 0 spiro atoms. The number of hydrogen-bond donors (Lipinski definition) is 1. The van der Waals surface area contributed by atoms with Gasteiger partial charge in [0.15, 0.2) is 6.29 Å². The van der Waals surface area contributed by atoms with Gasteiger partial charge in [-0.1, -0.05) is 6.07 Å². The minimum Gasteiger partial charge on any atom is -0.383 e. The van der Waals surface area contributed by atoms with Crippen LogP contribution in [0.3, 0.4) is 0 Å². The van der Waals surface area contributed by atoms with E-state index < -0.39 is 29.6 Å². The summed E-state index contributed by atoms with van der Waals surface area (Å²) in [5.74, 6) is -1.61. The topological polar surface area (TPSA) is 38.7 Å². The maximum absolute atomic E-state index is 13.6. The molecule has 3 nitrogen and oxygen atoms in total. The quantitative estimate of drug-likeness (QED) is 0.806. The summed E-state index contributed by atoms with van der Waals surface area (Å²) in [4.78, 5) is 0. The third-order valence-electron chi connectivity index (χ3n) is 2.34. The molecule has 1 rings (SSSR count). The van der Waals surface area contributed by atoms with Gasteiger partial charge in [-0.05, 0) is 18.6 Å². The average molecular weight is 232 g/mol. The van der Waals surface area contributed by atoms with E-state index in [1.807, 2.05) is 0 Å². The Morgan fingerprint density at radius 2 is 1.75 bits per heavy atom. The van der Waals surface area contributed by atoms with E-state index >= 15 is 0 Å². The number of rotatable bonds is 4. The van der Waals surface area contributed by atoms with E-state index in [9.17, 15) is 13.9 Å². The molecule has 0 aliphatic rings. The largest absolute Gasteiger partial charge is 0.383 e. The van der Waals surface area contributed by atoms with Crippen molar-refractivity contribution in [2.75, 3.05) is 14.2 Å². The van der Waals surface area contributed by atoms with Crippen LogP contribution < -0.4 is 0 Å². The zero-order valence-electron chi connectivity index (χ0n) is 9.33. The number of hydrogen-bond acceptors (Lipinski definition) is 3. The minimum absolute atomic E-state index is 0.251. The van der Waals surface area contributed by atoms with Gasteiger partial charge in [-0.15, -0.1) is 0 Å². The summed E-state index contributed by atoms with van der Waals surface area (Å²) in [6.07, 6.45) is -2.61. The van der Waals surface area contributed by atoms with Crippen molar-refractivity contribution in [3.05, 3.63) is 34.9 Å². The molecule has 0 heterocycles. The van der Waals surface area contributed by atoms with Crippen LogP contribution in [0, 0.1) is 18.6 Å². The number of aryl methyl sites for hydroxylation is 1. The summed E-state index contributed by atoms with van der Waals surface area (Å²) in [6, 6.07) is 2.40. The summed E-state index contributed by atoms with van der Waals surface area (Å²) in [5, 5.41) is 9.74. The summed E-state index contributed by atoms with van der Waals surface area (Å²) in [6.45, 7) is 1.49. The van der Waals surface area contributed by atoms with Gasteiger partial charge in [0.2, 0.25) is 0 Å². The molecule has 0 aliphatic carbocycles. The van der Waals surface area contributed by atoms with Gasteiger partial charge in [0.25, 0.3) is 0 Å². The van der Waals surface area contributed by atoms with E-state index in [2.05, 4.69) is 0 Å². The molecule has 1 unspecified atom stereocenters. The zero-order valence-corrected chi connectivity index (χ0v) is 9.33. The Kier molecular flexibility index (Phi) is 4.35. The van der Waals surface area contributed by atoms with E-state index in [0.717, 1.165) is 6.07 Å². The van der Waals surface area contributed by atoms with Gasteiger partial charge in [0.05, 0.1) is 5.56 Å². The van der Waals surface area contributed by atoms with E-state index in [1.54, 1.807) is 0 Å². The van der Waals surface area contributed by atoms with Crippen LogP contribution in [0.5, 0.6) is 0 Å². The number of methoxy groups -OCH3 is 2. The summed E-state index contributed by atoms with van der Waals surface area (Å²) >= 11 is 0. The number of benzene rings is 1. The SMILES string of the molecule is COC(OC)C(O)c1c(F)ccc(C)c1F. The van der Waals surface area contributed by atoms with Crippen molar-refractivity contribution in [3.63, 3.8) is 0 Å². The van der Waals surface area contributed by atoms with E-state index in [4.69, 9.17) is 9.47 Å². The molecule has 0 fully saturated rings. The Morgan fingerprint density at radius 3 is 2.25 bits per heavy atom. The molecule has 0 saturated carbocycles. The highest BCUT2D eigenvalue weighted by molar-refractivity contribution is 5.28. The second kappa shape index (κ2) is 5.34. The smallest absolute Gasteiger partial charge is 0.187 e. The highest BCUT2D eigenvalue weighted by Crippen LogP contribution is 2.26. The van der Waals surface area contributed by atoms with E-state index in [1.165, 1.54) is 27.2 Å². The van der Waals surface area contributed by atoms with Crippen LogP contribution in [0.15, 0.2) is 12.1 Å². The lowest BCUT2D eigenvalue weighted by Gasteiger charge is -2.21. The zero-order chi connectivity index (χ0) is 12.3. The molecule has 0 radical (unpaired) electrons. The third-order valence-corrected chi connectivity index (χ3v) is 2.34. The van der Waals surface area contributed by atoms with Gasteiger partial charge in [-0.2, -0.15) is 0 Å². The Hall–Kier alpha value is -1.04. The van der Waals surface area contributed by atoms with Gasteiger partial charge in [0.1, 0.15) is 17.7 Å².